The number of hydrogen-bond acceptors (Lipinski definition) is 2. The number of rotatable bonds is 5. The summed E-state index contributed by atoms with van der Waals surface area (Å²) in [5, 5.41) is 4.00. The van der Waals surface area contributed by atoms with Gasteiger partial charge in [0, 0.05) is 6.04 Å². The summed E-state index contributed by atoms with van der Waals surface area (Å²) in [6.07, 6.45) is 16.5. The number of halogens is 1. The van der Waals surface area contributed by atoms with Gasteiger partial charge in [-0.15, -0.1) is 0 Å². The van der Waals surface area contributed by atoms with E-state index in [4.69, 9.17) is 4.98 Å². The molecular formula is C23H32FN3. The fourth-order valence-electron chi connectivity index (χ4n) is 4.88. The minimum Gasteiger partial charge on any atom is -0.341 e. The first-order chi connectivity index (χ1) is 13.3. The number of aromatic nitrogens is 2. The fraction of sp³-hybridized carbons (Fsp3) is 0.609. The van der Waals surface area contributed by atoms with Crippen LogP contribution in [0.4, 0.5) is 4.39 Å². The van der Waals surface area contributed by atoms with Crippen LogP contribution >= 0.6 is 0 Å². The number of nitrogens with one attached hydrogen (secondary N) is 2. The number of benzene rings is 1. The van der Waals surface area contributed by atoms with E-state index in [1.807, 2.05) is 18.3 Å². The molecule has 0 radical (unpaired) electrons. The Kier molecular flexibility index (Phi) is 6.23. The Hall–Kier alpha value is -1.68. The van der Waals surface area contributed by atoms with Gasteiger partial charge in [0.25, 0.3) is 0 Å². The molecular weight excluding hydrogens is 337 g/mol. The van der Waals surface area contributed by atoms with Crippen LogP contribution < -0.4 is 5.32 Å². The van der Waals surface area contributed by atoms with Gasteiger partial charge in [-0.05, 0) is 61.4 Å². The van der Waals surface area contributed by atoms with Crippen LogP contribution in [0.5, 0.6) is 0 Å². The Morgan fingerprint density at radius 1 is 0.889 bits per heavy atom. The smallest absolute Gasteiger partial charge is 0.124 e. The van der Waals surface area contributed by atoms with E-state index in [1.165, 1.54) is 82.8 Å². The zero-order valence-corrected chi connectivity index (χ0v) is 16.2. The first-order valence-electron chi connectivity index (χ1n) is 10.9. The molecule has 2 aromatic rings. The van der Waals surface area contributed by atoms with Crippen molar-refractivity contribution in [2.45, 2.75) is 82.7 Å². The number of aromatic amines is 1. The van der Waals surface area contributed by atoms with Crippen LogP contribution in [0, 0.1) is 11.7 Å². The molecule has 0 saturated heterocycles. The number of nitrogens with zero attached hydrogens (tertiary/aromatic N) is 1. The van der Waals surface area contributed by atoms with Gasteiger partial charge in [0.15, 0.2) is 0 Å². The van der Waals surface area contributed by atoms with Crippen molar-refractivity contribution in [3.8, 4) is 11.3 Å². The highest BCUT2D eigenvalue weighted by Crippen LogP contribution is 2.35. The maximum atomic E-state index is 13.2. The average Bonchev–Trinajstić information content (AvgIpc) is 3.04. The molecule has 0 aliphatic heterocycles. The van der Waals surface area contributed by atoms with Gasteiger partial charge in [-0.3, -0.25) is 0 Å². The number of H-pyrrole nitrogens is 1. The summed E-state index contributed by atoms with van der Waals surface area (Å²) in [6.45, 7) is 0. The van der Waals surface area contributed by atoms with Crippen molar-refractivity contribution in [3.63, 3.8) is 0 Å². The summed E-state index contributed by atoms with van der Waals surface area (Å²) in [4.78, 5) is 8.32. The van der Waals surface area contributed by atoms with Crippen LogP contribution in [0.25, 0.3) is 11.3 Å². The van der Waals surface area contributed by atoms with Crippen LogP contribution in [-0.2, 0) is 0 Å². The second-order valence-corrected chi connectivity index (χ2v) is 8.42. The van der Waals surface area contributed by atoms with E-state index in [2.05, 4.69) is 10.3 Å². The largest absolute Gasteiger partial charge is 0.341 e. The second-order valence-electron chi connectivity index (χ2n) is 8.42. The summed E-state index contributed by atoms with van der Waals surface area (Å²) >= 11 is 0. The molecule has 1 atom stereocenters. The number of hydrogen-bond donors (Lipinski definition) is 2. The molecule has 3 nitrogen and oxygen atoms in total. The topological polar surface area (TPSA) is 40.7 Å². The Morgan fingerprint density at radius 2 is 1.52 bits per heavy atom. The molecule has 0 bridgehead atoms. The first kappa shape index (κ1) is 18.7. The van der Waals surface area contributed by atoms with Gasteiger partial charge >= 0.3 is 0 Å². The number of imidazole rings is 1. The molecule has 4 heteroatoms. The molecule has 1 aromatic heterocycles. The quantitative estimate of drug-likeness (QED) is 0.621. The third-order valence-electron chi connectivity index (χ3n) is 6.44. The average molecular weight is 370 g/mol. The molecule has 1 aromatic carbocycles. The highest BCUT2D eigenvalue weighted by Gasteiger charge is 2.29. The lowest BCUT2D eigenvalue weighted by Gasteiger charge is -2.33. The summed E-state index contributed by atoms with van der Waals surface area (Å²) in [5.74, 6) is 1.52. The molecule has 2 aliphatic rings. The van der Waals surface area contributed by atoms with Crippen LogP contribution in [-0.4, -0.2) is 16.0 Å². The lowest BCUT2D eigenvalue weighted by atomic mass is 9.83. The standard InChI is InChI=1S/C23H32FN3/c24-19-14-12-17(13-15-19)21-16-25-23(27-21)22(18-8-4-3-5-9-18)26-20-10-6-1-2-7-11-20/h12-16,18,20,22,26H,1-11H2,(H,25,27). The second kappa shape index (κ2) is 9.01. The monoisotopic (exact) mass is 369 g/mol. The van der Waals surface area contributed by atoms with E-state index < -0.39 is 0 Å². The van der Waals surface area contributed by atoms with E-state index in [9.17, 15) is 4.39 Å². The van der Waals surface area contributed by atoms with Gasteiger partial charge in [0.1, 0.15) is 11.6 Å². The van der Waals surface area contributed by atoms with Crippen molar-refractivity contribution >= 4 is 0 Å². The van der Waals surface area contributed by atoms with Gasteiger partial charge in [-0.25, -0.2) is 9.37 Å². The zero-order valence-electron chi connectivity index (χ0n) is 16.2. The molecule has 0 amide bonds. The predicted molar refractivity (Wildman–Crippen MR) is 108 cm³/mol. The van der Waals surface area contributed by atoms with E-state index in [-0.39, 0.29) is 5.82 Å². The Bertz CT molecular complexity index is 695. The normalized spacial score (nSPS) is 21.1. The summed E-state index contributed by atoms with van der Waals surface area (Å²) in [7, 11) is 0. The van der Waals surface area contributed by atoms with Crippen molar-refractivity contribution in [1.82, 2.24) is 15.3 Å². The van der Waals surface area contributed by atoms with E-state index in [0.29, 0.717) is 18.0 Å². The highest BCUT2D eigenvalue weighted by atomic mass is 19.1. The Morgan fingerprint density at radius 3 is 2.22 bits per heavy atom. The Balaban J connectivity index is 1.54. The molecule has 0 spiro atoms. The SMILES string of the molecule is Fc1ccc(-c2cnc(C(NC3CCCCCC3)C3CCCCC3)[nH]2)cc1. The molecule has 146 valence electrons. The third-order valence-corrected chi connectivity index (χ3v) is 6.44. The summed E-state index contributed by atoms with van der Waals surface area (Å²) < 4.78 is 13.2. The van der Waals surface area contributed by atoms with Crippen LogP contribution in [0.3, 0.4) is 0 Å². The minimum atomic E-state index is -0.200. The molecule has 2 fully saturated rings. The van der Waals surface area contributed by atoms with Crippen molar-refractivity contribution in [3.05, 3.63) is 42.1 Å². The fourth-order valence-corrected chi connectivity index (χ4v) is 4.88. The van der Waals surface area contributed by atoms with E-state index in [0.717, 1.165) is 17.1 Å². The van der Waals surface area contributed by atoms with E-state index in [1.54, 1.807) is 0 Å². The van der Waals surface area contributed by atoms with E-state index >= 15 is 0 Å². The van der Waals surface area contributed by atoms with Crippen molar-refractivity contribution < 1.29 is 4.39 Å². The highest BCUT2D eigenvalue weighted by molar-refractivity contribution is 5.58. The molecule has 2 N–H and O–H groups in total. The summed E-state index contributed by atoms with van der Waals surface area (Å²) in [6, 6.07) is 7.58. The zero-order chi connectivity index (χ0) is 18.5. The molecule has 2 aliphatic carbocycles. The van der Waals surface area contributed by atoms with Gasteiger partial charge in [-0.2, -0.15) is 0 Å². The third kappa shape index (κ3) is 4.78. The van der Waals surface area contributed by atoms with Crippen molar-refractivity contribution in [2.75, 3.05) is 0 Å². The lowest BCUT2D eigenvalue weighted by molar-refractivity contribution is 0.239. The molecule has 2 saturated carbocycles. The van der Waals surface area contributed by atoms with Crippen LogP contribution in [0.15, 0.2) is 30.5 Å². The maximum absolute atomic E-state index is 13.2. The maximum Gasteiger partial charge on any atom is 0.124 e. The van der Waals surface area contributed by atoms with Gasteiger partial charge in [0.05, 0.1) is 17.9 Å². The molecule has 1 heterocycles. The van der Waals surface area contributed by atoms with Crippen molar-refractivity contribution in [1.29, 1.82) is 0 Å². The van der Waals surface area contributed by atoms with Crippen LogP contribution in [0.2, 0.25) is 0 Å². The first-order valence-corrected chi connectivity index (χ1v) is 10.9. The van der Waals surface area contributed by atoms with Crippen molar-refractivity contribution in [2.24, 2.45) is 5.92 Å². The lowest BCUT2D eigenvalue weighted by Crippen LogP contribution is -2.38. The molecule has 4 rings (SSSR count). The minimum absolute atomic E-state index is 0.200. The van der Waals surface area contributed by atoms with Crippen LogP contribution in [0.1, 0.15) is 82.5 Å². The molecule has 1 unspecified atom stereocenters. The van der Waals surface area contributed by atoms with Gasteiger partial charge in [0.2, 0.25) is 0 Å². The Labute approximate surface area is 162 Å². The predicted octanol–water partition coefficient (Wildman–Crippen LogP) is 6.15. The van der Waals surface area contributed by atoms with Gasteiger partial charge < -0.3 is 10.3 Å². The molecule has 27 heavy (non-hydrogen) atoms. The van der Waals surface area contributed by atoms with Gasteiger partial charge in [-0.1, -0.05) is 44.9 Å². The summed E-state index contributed by atoms with van der Waals surface area (Å²) in [5.41, 5.74) is 1.97.